The first kappa shape index (κ1) is 16.3. The maximum absolute atomic E-state index is 12.8. The highest BCUT2D eigenvalue weighted by Gasteiger charge is 2.58. The maximum atomic E-state index is 12.8. The Morgan fingerprint density at radius 1 is 1.26 bits per heavy atom. The molecule has 4 nitrogen and oxygen atoms in total. The number of amides is 2. The van der Waals surface area contributed by atoms with Gasteiger partial charge in [-0.3, -0.25) is 9.59 Å². The molecule has 1 aliphatic heterocycles. The Morgan fingerprint density at radius 3 is 2.48 bits per heavy atom. The van der Waals surface area contributed by atoms with Crippen molar-refractivity contribution in [3.8, 4) is 0 Å². The predicted octanol–water partition coefficient (Wildman–Crippen LogP) is 3.63. The lowest BCUT2D eigenvalue weighted by Gasteiger charge is -2.32. The van der Waals surface area contributed by atoms with Gasteiger partial charge in [0.2, 0.25) is 11.8 Å². The minimum atomic E-state index is -0.849. The summed E-state index contributed by atoms with van der Waals surface area (Å²) < 4.78 is 0. The monoisotopic (exact) mass is 334 g/mol. The van der Waals surface area contributed by atoms with E-state index in [-0.39, 0.29) is 11.8 Å². The minimum Gasteiger partial charge on any atom is -0.342 e. The van der Waals surface area contributed by atoms with Gasteiger partial charge in [0, 0.05) is 23.8 Å². The van der Waals surface area contributed by atoms with Gasteiger partial charge >= 0.3 is 0 Å². The summed E-state index contributed by atoms with van der Waals surface area (Å²) in [5.74, 6) is 0.471. The van der Waals surface area contributed by atoms with E-state index >= 15 is 0 Å². The number of nitrogens with one attached hydrogen (secondary N) is 1. The Balaban J connectivity index is 1.68. The predicted molar refractivity (Wildman–Crippen MR) is 91.5 cm³/mol. The lowest BCUT2D eigenvalue weighted by atomic mass is 9.96. The van der Waals surface area contributed by atoms with Crippen LogP contribution in [-0.4, -0.2) is 29.8 Å². The molecule has 1 saturated carbocycles. The highest BCUT2D eigenvalue weighted by molar-refractivity contribution is 6.31. The number of aryl methyl sites for hydroxylation is 1. The van der Waals surface area contributed by atoms with Gasteiger partial charge in [0.05, 0.1) is 0 Å². The number of carbonyl (C=O) groups excluding carboxylic acids is 2. The third-order valence-electron chi connectivity index (χ3n) is 5.09. The Bertz CT molecular complexity index is 632. The van der Waals surface area contributed by atoms with E-state index in [2.05, 4.69) is 12.2 Å². The van der Waals surface area contributed by atoms with Crippen molar-refractivity contribution in [2.75, 3.05) is 18.4 Å². The van der Waals surface area contributed by atoms with Crippen LogP contribution < -0.4 is 5.32 Å². The number of benzene rings is 1. The van der Waals surface area contributed by atoms with Gasteiger partial charge in [-0.25, -0.2) is 0 Å². The van der Waals surface area contributed by atoms with E-state index in [0.29, 0.717) is 29.5 Å². The molecule has 2 amide bonds. The van der Waals surface area contributed by atoms with E-state index < -0.39 is 5.41 Å². The first-order valence-corrected chi connectivity index (χ1v) is 8.67. The Hall–Kier alpha value is -1.55. The Labute approximate surface area is 142 Å². The van der Waals surface area contributed by atoms with Crippen molar-refractivity contribution >= 4 is 29.1 Å². The quantitative estimate of drug-likeness (QED) is 0.858. The zero-order chi connectivity index (χ0) is 16.6. The van der Waals surface area contributed by atoms with E-state index in [0.717, 1.165) is 31.5 Å². The number of piperidine rings is 1. The lowest BCUT2D eigenvalue weighted by molar-refractivity contribution is -0.143. The van der Waals surface area contributed by atoms with Crippen LogP contribution in [0.25, 0.3) is 0 Å². The molecule has 0 atom stereocenters. The first-order valence-electron chi connectivity index (χ1n) is 8.29. The smallest absolute Gasteiger partial charge is 0.240 e. The van der Waals surface area contributed by atoms with E-state index in [1.165, 1.54) is 0 Å². The molecule has 2 aliphatic rings. The summed E-state index contributed by atoms with van der Waals surface area (Å²) in [4.78, 5) is 27.3. The van der Waals surface area contributed by atoms with Crippen LogP contribution in [0.3, 0.4) is 0 Å². The molecule has 0 aromatic heterocycles. The van der Waals surface area contributed by atoms with E-state index in [9.17, 15) is 9.59 Å². The number of hydrogen-bond donors (Lipinski definition) is 1. The zero-order valence-electron chi connectivity index (χ0n) is 13.7. The molecule has 124 valence electrons. The molecule has 23 heavy (non-hydrogen) atoms. The van der Waals surface area contributed by atoms with Crippen molar-refractivity contribution in [3.05, 3.63) is 28.8 Å². The third kappa shape index (κ3) is 3.23. The van der Waals surface area contributed by atoms with Gasteiger partial charge in [-0.15, -0.1) is 0 Å². The van der Waals surface area contributed by atoms with E-state index in [1.807, 2.05) is 24.0 Å². The summed E-state index contributed by atoms with van der Waals surface area (Å²) in [6.45, 7) is 5.66. The number of rotatable bonds is 3. The summed E-state index contributed by atoms with van der Waals surface area (Å²) in [5.41, 5.74) is 0.763. The van der Waals surface area contributed by atoms with Crippen LogP contribution >= 0.6 is 11.6 Å². The summed E-state index contributed by atoms with van der Waals surface area (Å²) >= 11 is 6.10. The molecule has 1 aromatic carbocycles. The normalized spacial score (nSPS) is 20.2. The van der Waals surface area contributed by atoms with Gasteiger partial charge in [0.25, 0.3) is 0 Å². The van der Waals surface area contributed by atoms with Crippen molar-refractivity contribution < 1.29 is 9.59 Å². The molecule has 0 unspecified atom stereocenters. The van der Waals surface area contributed by atoms with E-state index in [1.54, 1.807) is 6.07 Å². The number of anilines is 1. The summed E-state index contributed by atoms with van der Waals surface area (Å²) in [7, 11) is 0. The summed E-state index contributed by atoms with van der Waals surface area (Å²) in [6.07, 6.45) is 3.33. The van der Waals surface area contributed by atoms with Crippen LogP contribution in [0.5, 0.6) is 0 Å². The Kier molecular flexibility index (Phi) is 4.37. The minimum absolute atomic E-state index is 0.000101. The molecule has 0 spiro atoms. The average Bonchev–Trinajstić information content (AvgIpc) is 3.33. The van der Waals surface area contributed by atoms with Crippen LogP contribution in [0.1, 0.15) is 38.2 Å². The molecule has 2 fully saturated rings. The molecule has 3 rings (SSSR count). The van der Waals surface area contributed by atoms with Crippen molar-refractivity contribution in [2.24, 2.45) is 11.3 Å². The maximum Gasteiger partial charge on any atom is 0.240 e. The van der Waals surface area contributed by atoms with Gasteiger partial charge in [-0.1, -0.05) is 24.6 Å². The third-order valence-corrected chi connectivity index (χ3v) is 5.50. The van der Waals surface area contributed by atoms with Crippen molar-refractivity contribution in [3.63, 3.8) is 0 Å². The highest BCUT2D eigenvalue weighted by atomic mass is 35.5. The molecular formula is C18H23ClN2O2. The van der Waals surface area contributed by atoms with Gasteiger partial charge in [0.15, 0.2) is 0 Å². The van der Waals surface area contributed by atoms with Crippen LogP contribution in [0, 0.1) is 18.3 Å². The second-order valence-electron chi connectivity index (χ2n) is 6.97. The molecule has 5 heteroatoms. The molecule has 1 saturated heterocycles. The van der Waals surface area contributed by atoms with Gasteiger partial charge in [-0.2, -0.15) is 0 Å². The first-order chi connectivity index (χ1) is 10.9. The summed E-state index contributed by atoms with van der Waals surface area (Å²) in [6, 6.07) is 5.42. The fraction of sp³-hybridized carbons (Fsp3) is 0.556. The highest BCUT2D eigenvalue weighted by Crippen LogP contribution is 2.48. The number of likely N-dealkylation sites (tertiary alicyclic amines) is 1. The van der Waals surface area contributed by atoms with Crippen LogP contribution in [0.4, 0.5) is 5.69 Å². The van der Waals surface area contributed by atoms with Crippen molar-refractivity contribution in [2.45, 2.75) is 39.5 Å². The fourth-order valence-electron chi connectivity index (χ4n) is 3.10. The molecule has 1 aromatic rings. The Morgan fingerprint density at radius 2 is 1.91 bits per heavy atom. The summed E-state index contributed by atoms with van der Waals surface area (Å²) in [5, 5.41) is 3.49. The van der Waals surface area contributed by atoms with Gasteiger partial charge in [-0.05, 0) is 56.2 Å². The van der Waals surface area contributed by atoms with Gasteiger partial charge < -0.3 is 10.2 Å². The standard InChI is InChI=1S/C18H23ClN2O2/c1-12-5-9-21(10-6-12)17(23)18(7-8-18)16(22)20-14-4-3-13(2)15(19)11-14/h3-4,11-12H,5-10H2,1-2H3,(H,20,22). The second kappa shape index (κ2) is 6.16. The SMILES string of the molecule is Cc1ccc(NC(=O)C2(C(=O)N3CCC(C)CC3)CC2)cc1Cl. The molecule has 1 heterocycles. The second-order valence-corrected chi connectivity index (χ2v) is 7.38. The van der Waals surface area contributed by atoms with Crippen molar-refractivity contribution in [1.82, 2.24) is 4.90 Å². The topological polar surface area (TPSA) is 49.4 Å². The van der Waals surface area contributed by atoms with Crippen LogP contribution in [-0.2, 0) is 9.59 Å². The molecule has 0 radical (unpaired) electrons. The molecular weight excluding hydrogens is 312 g/mol. The largest absolute Gasteiger partial charge is 0.342 e. The van der Waals surface area contributed by atoms with Crippen LogP contribution in [0.2, 0.25) is 5.02 Å². The van der Waals surface area contributed by atoms with Crippen LogP contribution in [0.15, 0.2) is 18.2 Å². The van der Waals surface area contributed by atoms with Crippen molar-refractivity contribution in [1.29, 1.82) is 0 Å². The number of carbonyl (C=O) groups is 2. The molecule has 1 aliphatic carbocycles. The fourth-order valence-corrected chi connectivity index (χ4v) is 3.28. The number of nitrogens with zero attached hydrogens (tertiary/aromatic N) is 1. The van der Waals surface area contributed by atoms with E-state index in [4.69, 9.17) is 11.6 Å². The number of halogens is 1. The zero-order valence-corrected chi connectivity index (χ0v) is 14.4. The lowest BCUT2D eigenvalue weighted by Crippen LogP contribution is -2.46. The molecule has 0 bridgehead atoms. The number of hydrogen-bond acceptors (Lipinski definition) is 2. The average molecular weight is 335 g/mol. The molecule has 1 N–H and O–H groups in total. The van der Waals surface area contributed by atoms with Gasteiger partial charge in [0.1, 0.15) is 5.41 Å².